The Kier molecular flexibility index (Phi) is 7.28. The monoisotopic (exact) mass is 395 g/mol. The number of rotatable bonds is 8. The Balaban J connectivity index is 1.49. The van der Waals surface area contributed by atoms with Crippen molar-refractivity contribution >= 4 is 18.0 Å². The van der Waals surface area contributed by atoms with Crippen molar-refractivity contribution in [2.75, 3.05) is 19.8 Å². The molecule has 6 nitrogen and oxygen atoms in total. The lowest BCUT2D eigenvalue weighted by Gasteiger charge is -2.18. The average Bonchev–Trinajstić information content (AvgIpc) is 2.76. The van der Waals surface area contributed by atoms with Crippen LogP contribution in [0, 0.1) is 0 Å². The van der Waals surface area contributed by atoms with Gasteiger partial charge in [-0.2, -0.15) is 0 Å². The van der Waals surface area contributed by atoms with Gasteiger partial charge in [-0.3, -0.25) is 4.79 Å². The lowest BCUT2D eigenvalue weighted by molar-refractivity contribution is -0.144. The molecule has 0 fully saturated rings. The van der Waals surface area contributed by atoms with E-state index in [0.717, 1.165) is 24.0 Å². The van der Waals surface area contributed by atoms with Crippen molar-refractivity contribution in [2.45, 2.75) is 25.8 Å². The molecule has 0 bridgehead atoms. The van der Waals surface area contributed by atoms with Crippen molar-refractivity contribution in [3.05, 3.63) is 65.7 Å². The number of carbonyl (C=O) groups is 2. The summed E-state index contributed by atoms with van der Waals surface area (Å²) in [5.74, 6) is 0.428. The number of hydrogen-bond acceptors (Lipinski definition) is 5. The maximum atomic E-state index is 12.2. The zero-order chi connectivity index (χ0) is 20.5. The predicted molar refractivity (Wildman–Crippen MR) is 110 cm³/mol. The first-order valence-corrected chi connectivity index (χ1v) is 9.74. The average molecular weight is 395 g/mol. The van der Waals surface area contributed by atoms with Crippen LogP contribution in [-0.2, 0) is 14.3 Å². The van der Waals surface area contributed by atoms with Gasteiger partial charge < -0.3 is 19.5 Å². The molecule has 0 saturated carbocycles. The normalized spacial score (nSPS) is 13.7. The van der Waals surface area contributed by atoms with Crippen LogP contribution >= 0.6 is 0 Å². The van der Waals surface area contributed by atoms with Crippen LogP contribution in [0.2, 0.25) is 0 Å². The molecule has 0 unspecified atom stereocenters. The lowest BCUT2D eigenvalue weighted by Crippen LogP contribution is -2.32. The Hall–Kier alpha value is -3.28. The fourth-order valence-corrected chi connectivity index (χ4v) is 3.04. The molecule has 0 saturated heterocycles. The van der Waals surface area contributed by atoms with Gasteiger partial charge in [0.25, 0.3) is 5.91 Å². The van der Waals surface area contributed by atoms with Crippen LogP contribution < -0.4 is 14.8 Å². The van der Waals surface area contributed by atoms with Crippen LogP contribution in [0.3, 0.4) is 0 Å². The fraction of sp³-hybridized carbons (Fsp3) is 0.304. The van der Waals surface area contributed by atoms with Gasteiger partial charge in [-0.15, -0.1) is 0 Å². The van der Waals surface area contributed by atoms with E-state index in [2.05, 4.69) is 12.2 Å². The highest BCUT2D eigenvalue weighted by Crippen LogP contribution is 2.31. The molecule has 1 heterocycles. The molecule has 1 amide bonds. The summed E-state index contributed by atoms with van der Waals surface area (Å²) in [6.07, 6.45) is 4.65. The molecule has 0 aliphatic carbocycles. The van der Waals surface area contributed by atoms with Gasteiger partial charge in [-0.05, 0) is 35.8 Å². The molecular weight excluding hydrogens is 370 g/mol. The number of ether oxygens (including phenoxy) is 3. The molecule has 1 atom stereocenters. The van der Waals surface area contributed by atoms with Crippen molar-refractivity contribution < 1.29 is 23.8 Å². The zero-order valence-electron chi connectivity index (χ0n) is 16.4. The van der Waals surface area contributed by atoms with Crippen molar-refractivity contribution in [3.63, 3.8) is 0 Å². The van der Waals surface area contributed by atoms with Crippen molar-refractivity contribution in [2.24, 2.45) is 0 Å². The summed E-state index contributed by atoms with van der Waals surface area (Å²) in [5, 5.41) is 2.93. The van der Waals surface area contributed by atoms with E-state index in [1.165, 1.54) is 6.08 Å². The van der Waals surface area contributed by atoms with Crippen molar-refractivity contribution in [3.8, 4) is 11.5 Å². The standard InChI is InChI=1S/C23H25NO5/c1-2-6-19(18-7-4-3-5-8-18)24-22(25)16-29-23(26)12-10-17-9-11-20-21(15-17)28-14-13-27-20/h3-5,7-12,15,19H,2,6,13-14,16H2,1H3,(H,24,25)/b12-10+/t19-/m0/s1. The Morgan fingerprint density at radius 2 is 1.86 bits per heavy atom. The van der Waals surface area contributed by atoms with Gasteiger partial charge in [-0.1, -0.05) is 49.7 Å². The number of benzene rings is 2. The second-order valence-electron chi connectivity index (χ2n) is 6.66. The van der Waals surface area contributed by atoms with E-state index in [4.69, 9.17) is 14.2 Å². The largest absolute Gasteiger partial charge is 0.486 e. The van der Waals surface area contributed by atoms with E-state index in [9.17, 15) is 9.59 Å². The third-order valence-electron chi connectivity index (χ3n) is 4.44. The van der Waals surface area contributed by atoms with Crippen molar-refractivity contribution in [1.29, 1.82) is 0 Å². The maximum absolute atomic E-state index is 12.2. The van der Waals surface area contributed by atoms with E-state index < -0.39 is 5.97 Å². The minimum absolute atomic E-state index is 0.0966. The molecular formula is C23H25NO5. The minimum atomic E-state index is -0.582. The zero-order valence-corrected chi connectivity index (χ0v) is 16.4. The van der Waals surface area contributed by atoms with Gasteiger partial charge in [-0.25, -0.2) is 4.79 Å². The first-order valence-electron chi connectivity index (χ1n) is 9.74. The van der Waals surface area contributed by atoms with Crippen LogP contribution in [0.1, 0.15) is 36.9 Å². The van der Waals surface area contributed by atoms with Gasteiger partial charge >= 0.3 is 5.97 Å². The van der Waals surface area contributed by atoms with Crippen LogP contribution in [-0.4, -0.2) is 31.7 Å². The molecule has 2 aromatic rings. The first kappa shape index (κ1) is 20.5. The Bertz CT molecular complexity index is 863. The Morgan fingerprint density at radius 3 is 2.62 bits per heavy atom. The summed E-state index contributed by atoms with van der Waals surface area (Å²) in [7, 11) is 0. The van der Waals surface area contributed by atoms with Crippen LogP contribution in [0.4, 0.5) is 0 Å². The molecule has 0 aromatic heterocycles. The maximum Gasteiger partial charge on any atom is 0.331 e. The molecule has 6 heteroatoms. The summed E-state index contributed by atoms with van der Waals surface area (Å²) < 4.78 is 16.0. The summed E-state index contributed by atoms with van der Waals surface area (Å²) in [5.41, 5.74) is 1.82. The third kappa shape index (κ3) is 6.10. The quantitative estimate of drug-likeness (QED) is 0.545. The van der Waals surface area contributed by atoms with Gasteiger partial charge in [0.15, 0.2) is 18.1 Å². The highest BCUT2D eigenvalue weighted by atomic mass is 16.6. The molecule has 29 heavy (non-hydrogen) atoms. The molecule has 3 rings (SSSR count). The van der Waals surface area contributed by atoms with E-state index in [1.807, 2.05) is 36.4 Å². The topological polar surface area (TPSA) is 73.9 Å². The number of hydrogen-bond donors (Lipinski definition) is 1. The van der Waals surface area contributed by atoms with E-state index in [1.54, 1.807) is 18.2 Å². The van der Waals surface area contributed by atoms with E-state index in [0.29, 0.717) is 24.7 Å². The molecule has 152 valence electrons. The minimum Gasteiger partial charge on any atom is -0.486 e. The molecule has 1 N–H and O–H groups in total. The fourth-order valence-electron chi connectivity index (χ4n) is 3.04. The van der Waals surface area contributed by atoms with E-state index in [-0.39, 0.29) is 18.6 Å². The SMILES string of the molecule is CCC[C@H](NC(=O)COC(=O)/C=C/c1ccc2c(c1)OCCO2)c1ccccc1. The second kappa shape index (κ2) is 10.3. The highest BCUT2D eigenvalue weighted by molar-refractivity contribution is 5.89. The molecule has 1 aliphatic heterocycles. The first-order chi connectivity index (χ1) is 14.2. The highest BCUT2D eigenvalue weighted by Gasteiger charge is 2.15. The van der Waals surface area contributed by atoms with Gasteiger partial charge in [0.2, 0.25) is 0 Å². The molecule has 1 aliphatic rings. The molecule has 0 spiro atoms. The van der Waals surface area contributed by atoms with Crippen LogP contribution in [0.15, 0.2) is 54.6 Å². The van der Waals surface area contributed by atoms with Gasteiger partial charge in [0.1, 0.15) is 13.2 Å². The smallest absolute Gasteiger partial charge is 0.331 e. The summed E-state index contributed by atoms with van der Waals surface area (Å²) >= 11 is 0. The Morgan fingerprint density at radius 1 is 1.10 bits per heavy atom. The van der Waals surface area contributed by atoms with Crippen LogP contribution in [0.5, 0.6) is 11.5 Å². The van der Waals surface area contributed by atoms with Crippen LogP contribution in [0.25, 0.3) is 6.08 Å². The van der Waals surface area contributed by atoms with Crippen molar-refractivity contribution in [1.82, 2.24) is 5.32 Å². The second-order valence-corrected chi connectivity index (χ2v) is 6.66. The third-order valence-corrected chi connectivity index (χ3v) is 4.44. The van der Waals surface area contributed by atoms with Gasteiger partial charge in [0, 0.05) is 6.08 Å². The molecule has 0 radical (unpaired) electrons. The predicted octanol–water partition coefficient (Wildman–Crippen LogP) is 3.67. The molecule has 2 aromatic carbocycles. The summed E-state index contributed by atoms with van der Waals surface area (Å²) in [6.45, 7) is 2.77. The van der Waals surface area contributed by atoms with E-state index >= 15 is 0 Å². The Labute approximate surface area is 170 Å². The van der Waals surface area contributed by atoms with Gasteiger partial charge in [0.05, 0.1) is 6.04 Å². The number of esters is 1. The summed E-state index contributed by atoms with van der Waals surface area (Å²) in [4.78, 5) is 24.1. The number of fused-ring (bicyclic) bond motifs is 1. The number of amides is 1. The summed E-state index contributed by atoms with van der Waals surface area (Å²) in [6, 6.07) is 15.1. The lowest BCUT2D eigenvalue weighted by atomic mass is 10.0. The number of carbonyl (C=O) groups excluding carboxylic acids is 2. The number of nitrogens with one attached hydrogen (secondary N) is 1.